The van der Waals surface area contributed by atoms with Crippen LogP contribution in [0, 0.1) is 0 Å². The third-order valence-corrected chi connectivity index (χ3v) is 12.1. The lowest BCUT2D eigenvalue weighted by Gasteiger charge is -2.18. The first-order chi connectivity index (χ1) is 29.0. The van der Waals surface area contributed by atoms with Gasteiger partial charge in [0, 0.05) is 19.3 Å². The van der Waals surface area contributed by atoms with E-state index in [0.717, 1.165) is 57.8 Å². The molecule has 0 rings (SSSR count). The van der Waals surface area contributed by atoms with E-state index in [1.54, 1.807) is 0 Å². The van der Waals surface area contributed by atoms with E-state index in [2.05, 4.69) is 20.8 Å². The Labute approximate surface area is 368 Å². The molecule has 350 valence electrons. The first-order valence-electron chi connectivity index (χ1n) is 26.5. The van der Waals surface area contributed by atoms with E-state index in [1.165, 1.54) is 205 Å². The van der Waals surface area contributed by atoms with Gasteiger partial charge in [-0.25, -0.2) is 0 Å². The highest BCUT2D eigenvalue weighted by molar-refractivity contribution is 5.71. The van der Waals surface area contributed by atoms with Crippen LogP contribution in [0.1, 0.15) is 303 Å². The Kier molecular flexibility index (Phi) is 47.7. The molecule has 1 atom stereocenters. The molecule has 0 amide bonds. The Morgan fingerprint density at radius 1 is 0.271 bits per heavy atom. The molecule has 0 heterocycles. The monoisotopic (exact) mass is 835 g/mol. The Balaban J connectivity index is 4.02. The van der Waals surface area contributed by atoms with Crippen molar-refractivity contribution in [1.29, 1.82) is 0 Å². The first kappa shape index (κ1) is 57.4. The van der Waals surface area contributed by atoms with E-state index in [0.29, 0.717) is 19.3 Å². The van der Waals surface area contributed by atoms with E-state index in [-0.39, 0.29) is 31.1 Å². The Bertz CT molecular complexity index is 874. The van der Waals surface area contributed by atoms with Crippen LogP contribution in [0.25, 0.3) is 0 Å². The van der Waals surface area contributed by atoms with Crippen LogP contribution in [0.15, 0.2) is 0 Å². The molecule has 0 aliphatic rings. The van der Waals surface area contributed by atoms with Gasteiger partial charge in [0.05, 0.1) is 0 Å². The average Bonchev–Trinajstić information content (AvgIpc) is 3.23. The Hall–Kier alpha value is -1.59. The molecule has 6 nitrogen and oxygen atoms in total. The van der Waals surface area contributed by atoms with Gasteiger partial charge in [0.15, 0.2) is 6.10 Å². The fourth-order valence-corrected chi connectivity index (χ4v) is 8.09. The van der Waals surface area contributed by atoms with Gasteiger partial charge in [-0.05, 0) is 19.3 Å². The number of ether oxygens (including phenoxy) is 3. The van der Waals surface area contributed by atoms with Crippen molar-refractivity contribution in [3.05, 3.63) is 0 Å². The zero-order valence-electron chi connectivity index (χ0n) is 40.1. The fourth-order valence-electron chi connectivity index (χ4n) is 8.09. The molecule has 0 saturated heterocycles. The molecule has 6 heteroatoms. The molecule has 59 heavy (non-hydrogen) atoms. The van der Waals surface area contributed by atoms with Gasteiger partial charge in [0.2, 0.25) is 0 Å². The minimum atomic E-state index is -0.758. The van der Waals surface area contributed by atoms with Gasteiger partial charge in [-0.2, -0.15) is 0 Å². The molecule has 0 aromatic heterocycles. The van der Waals surface area contributed by atoms with Crippen LogP contribution in [0.3, 0.4) is 0 Å². The van der Waals surface area contributed by atoms with Crippen LogP contribution in [0.4, 0.5) is 0 Å². The van der Waals surface area contributed by atoms with Crippen molar-refractivity contribution < 1.29 is 28.6 Å². The summed E-state index contributed by atoms with van der Waals surface area (Å²) in [5.41, 5.74) is 0. The van der Waals surface area contributed by atoms with Gasteiger partial charge < -0.3 is 14.2 Å². The van der Waals surface area contributed by atoms with Crippen molar-refractivity contribution in [2.45, 2.75) is 309 Å². The molecule has 0 aliphatic heterocycles. The second-order valence-electron chi connectivity index (χ2n) is 18.2. The Morgan fingerprint density at radius 2 is 0.458 bits per heavy atom. The number of esters is 3. The number of hydrogen-bond donors (Lipinski definition) is 0. The van der Waals surface area contributed by atoms with Crippen molar-refractivity contribution in [2.75, 3.05) is 13.2 Å². The van der Waals surface area contributed by atoms with Crippen molar-refractivity contribution in [3.63, 3.8) is 0 Å². The van der Waals surface area contributed by atoms with Crippen LogP contribution in [-0.4, -0.2) is 37.2 Å². The maximum Gasteiger partial charge on any atom is 0.306 e. The standard InChI is InChI=1S/C53H102O6/c1-4-7-10-13-16-19-20-21-22-23-24-25-26-27-28-29-30-31-32-33-35-37-40-43-46-52(55)58-49-50(48-57-51(54)45-42-39-36-18-15-12-9-6-3)59-53(56)47-44-41-38-34-17-14-11-8-5-2/h50H,4-49H2,1-3H3. The van der Waals surface area contributed by atoms with Crippen LogP contribution in [0.5, 0.6) is 0 Å². The highest BCUT2D eigenvalue weighted by atomic mass is 16.6. The summed E-state index contributed by atoms with van der Waals surface area (Å²) in [6.07, 6.45) is 52.6. The van der Waals surface area contributed by atoms with E-state index in [9.17, 15) is 14.4 Å². The summed E-state index contributed by atoms with van der Waals surface area (Å²) in [6.45, 7) is 6.63. The van der Waals surface area contributed by atoms with Gasteiger partial charge >= 0.3 is 17.9 Å². The van der Waals surface area contributed by atoms with Crippen LogP contribution >= 0.6 is 0 Å². The molecule has 0 fully saturated rings. The summed E-state index contributed by atoms with van der Waals surface area (Å²) in [7, 11) is 0. The number of hydrogen-bond acceptors (Lipinski definition) is 6. The van der Waals surface area contributed by atoms with Crippen molar-refractivity contribution in [3.8, 4) is 0 Å². The number of carbonyl (C=O) groups is 3. The average molecular weight is 835 g/mol. The van der Waals surface area contributed by atoms with Crippen molar-refractivity contribution in [1.82, 2.24) is 0 Å². The molecule has 0 aromatic carbocycles. The number of unbranched alkanes of at least 4 members (excludes halogenated alkanes) is 38. The molecule has 1 unspecified atom stereocenters. The number of rotatable bonds is 49. The predicted octanol–water partition coefficient (Wildman–Crippen LogP) is 17.2. The van der Waals surface area contributed by atoms with Crippen LogP contribution in [0.2, 0.25) is 0 Å². The SMILES string of the molecule is CCCCCCCCCCCCCCCCCCCCCCCCCCC(=O)OCC(COC(=O)CCCCCCCCCC)OC(=O)CCCCCCCCCCC. The third kappa shape index (κ3) is 47.3. The molecular weight excluding hydrogens is 733 g/mol. The minimum absolute atomic E-state index is 0.0627. The van der Waals surface area contributed by atoms with Gasteiger partial charge in [-0.1, -0.05) is 265 Å². The smallest absolute Gasteiger partial charge is 0.306 e. The largest absolute Gasteiger partial charge is 0.462 e. The van der Waals surface area contributed by atoms with Crippen molar-refractivity contribution >= 4 is 17.9 Å². The van der Waals surface area contributed by atoms with Gasteiger partial charge in [0.25, 0.3) is 0 Å². The molecule has 0 bridgehead atoms. The Morgan fingerprint density at radius 3 is 0.678 bits per heavy atom. The lowest BCUT2D eigenvalue weighted by Crippen LogP contribution is -2.30. The molecule has 0 aliphatic carbocycles. The van der Waals surface area contributed by atoms with Gasteiger partial charge in [0.1, 0.15) is 13.2 Å². The minimum Gasteiger partial charge on any atom is -0.462 e. The summed E-state index contributed by atoms with van der Waals surface area (Å²) < 4.78 is 16.7. The normalized spacial score (nSPS) is 11.8. The maximum absolute atomic E-state index is 12.7. The summed E-state index contributed by atoms with van der Waals surface area (Å²) in [5.74, 6) is -0.852. The fraction of sp³-hybridized carbons (Fsp3) is 0.943. The van der Waals surface area contributed by atoms with E-state index >= 15 is 0 Å². The molecule has 0 N–H and O–H groups in total. The topological polar surface area (TPSA) is 78.9 Å². The summed E-state index contributed by atoms with van der Waals surface area (Å²) in [5, 5.41) is 0. The zero-order chi connectivity index (χ0) is 43.0. The second kappa shape index (κ2) is 49.1. The summed E-state index contributed by atoms with van der Waals surface area (Å²) in [6, 6.07) is 0. The quantitative estimate of drug-likeness (QED) is 0.0345. The summed E-state index contributed by atoms with van der Waals surface area (Å²) in [4.78, 5) is 37.7. The highest BCUT2D eigenvalue weighted by Crippen LogP contribution is 2.17. The van der Waals surface area contributed by atoms with Crippen LogP contribution in [-0.2, 0) is 28.6 Å². The first-order valence-corrected chi connectivity index (χ1v) is 26.5. The zero-order valence-corrected chi connectivity index (χ0v) is 40.1. The second-order valence-corrected chi connectivity index (χ2v) is 18.2. The number of carbonyl (C=O) groups excluding carboxylic acids is 3. The molecule has 0 saturated carbocycles. The lowest BCUT2D eigenvalue weighted by atomic mass is 10.0. The molecule has 0 spiro atoms. The third-order valence-electron chi connectivity index (χ3n) is 12.1. The molecular formula is C53H102O6. The predicted molar refractivity (Wildman–Crippen MR) is 252 cm³/mol. The van der Waals surface area contributed by atoms with E-state index in [4.69, 9.17) is 14.2 Å². The highest BCUT2D eigenvalue weighted by Gasteiger charge is 2.19. The van der Waals surface area contributed by atoms with Crippen molar-refractivity contribution in [2.24, 2.45) is 0 Å². The molecule has 0 aromatic rings. The van der Waals surface area contributed by atoms with Gasteiger partial charge in [-0.15, -0.1) is 0 Å². The van der Waals surface area contributed by atoms with Gasteiger partial charge in [-0.3, -0.25) is 14.4 Å². The van der Waals surface area contributed by atoms with E-state index < -0.39 is 6.10 Å². The summed E-state index contributed by atoms with van der Waals surface area (Å²) >= 11 is 0. The maximum atomic E-state index is 12.7. The van der Waals surface area contributed by atoms with Crippen LogP contribution < -0.4 is 0 Å². The molecule has 0 radical (unpaired) electrons. The van der Waals surface area contributed by atoms with E-state index in [1.807, 2.05) is 0 Å². The lowest BCUT2D eigenvalue weighted by molar-refractivity contribution is -0.167.